The van der Waals surface area contributed by atoms with Crippen LogP contribution in [0.15, 0.2) is 12.1 Å². The fourth-order valence-corrected chi connectivity index (χ4v) is 1.04. The maximum Gasteiger partial charge on any atom is 0.418 e. The van der Waals surface area contributed by atoms with Crippen molar-refractivity contribution in [2.45, 2.75) is 12.7 Å². The van der Waals surface area contributed by atoms with Crippen LogP contribution >= 0.6 is 0 Å². The third-order valence-corrected chi connectivity index (χ3v) is 1.74. The van der Waals surface area contributed by atoms with E-state index in [4.69, 9.17) is 11.5 Å². The second kappa shape index (κ2) is 3.45. The average molecular weight is 208 g/mol. The molecule has 1 rings (SSSR count). The summed E-state index contributed by atoms with van der Waals surface area (Å²) in [4.78, 5) is 0. The van der Waals surface area contributed by atoms with Crippen molar-refractivity contribution in [3.63, 3.8) is 0 Å². The molecule has 4 N–H and O–H groups in total. The van der Waals surface area contributed by atoms with Crippen LogP contribution in [0.3, 0.4) is 0 Å². The van der Waals surface area contributed by atoms with Gasteiger partial charge < -0.3 is 11.5 Å². The highest BCUT2D eigenvalue weighted by Gasteiger charge is 2.33. The fraction of sp³-hybridized carbons (Fsp3) is 0.250. The molecule has 0 aliphatic carbocycles. The van der Waals surface area contributed by atoms with Crippen LogP contribution < -0.4 is 11.5 Å². The summed E-state index contributed by atoms with van der Waals surface area (Å²) in [5.74, 6) is -0.821. The highest BCUT2D eigenvalue weighted by molar-refractivity contribution is 5.50. The van der Waals surface area contributed by atoms with E-state index in [1.165, 1.54) is 0 Å². The average Bonchev–Trinajstić information content (AvgIpc) is 2.02. The minimum absolute atomic E-state index is 0.202. The first-order valence-electron chi connectivity index (χ1n) is 3.71. The van der Waals surface area contributed by atoms with E-state index in [1.54, 1.807) is 0 Å². The number of nitrogen functional groups attached to an aromatic ring is 1. The molecular weight excluding hydrogens is 200 g/mol. The maximum atomic E-state index is 12.9. The van der Waals surface area contributed by atoms with Crippen LogP contribution in [0, 0.1) is 5.82 Å². The number of alkyl halides is 3. The molecule has 0 saturated heterocycles. The minimum Gasteiger partial charge on any atom is -0.398 e. The second-order valence-corrected chi connectivity index (χ2v) is 2.73. The highest BCUT2D eigenvalue weighted by atomic mass is 19.4. The fourth-order valence-electron chi connectivity index (χ4n) is 1.04. The van der Waals surface area contributed by atoms with Crippen molar-refractivity contribution in [1.82, 2.24) is 0 Å². The summed E-state index contributed by atoms with van der Waals surface area (Å²) in [5.41, 5.74) is 8.20. The van der Waals surface area contributed by atoms with Crippen LogP contribution in [0.1, 0.15) is 11.1 Å². The summed E-state index contributed by atoms with van der Waals surface area (Å²) in [6, 6.07) is 1.26. The first-order valence-corrected chi connectivity index (χ1v) is 3.71. The zero-order chi connectivity index (χ0) is 10.9. The molecule has 0 bridgehead atoms. The van der Waals surface area contributed by atoms with Crippen LogP contribution in [0.5, 0.6) is 0 Å². The Morgan fingerprint density at radius 3 is 2.21 bits per heavy atom. The number of hydrogen-bond acceptors (Lipinski definition) is 2. The van der Waals surface area contributed by atoms with Crippen LogP contribution in [-0.4, -0.2) is 0 Å². The molecule has 0 aromatic heterocycles. The van der Waals surface area contributed by atoms with Crippen molar-refractivity contribution in [2.24, 2.45) is 5.73 Å². The Morgan fingerprint density at radius 1 is 1.21 bits per heavy atom. The van der Waals surface area contributed by atoms with Crippen molar-refractivity contribution in [3.8, 4) is 0 Å². The lowest BCUT2D eigenvalue weighted by atomic mass is 10.1. The summed E-state index contributed by atoms with van der Waals surface area (Å²) >= 11 is 0. The third kappa shape index (κ3) is 1.95. The van der Waals surface area contributed by atoms with Gasteiger partial charge in [0.2, 0.25) is 0 Å². The van der Waals surface area contributed by atoms with Crippen molar-refractivity contribution in [2.75, 3.05) is 5.73 Å². The number of nitrogens with two attached hydrogens (primary N) is 2. The number of rotatable bonds is 1. The Kier molecular flexibility index (Phi) is 2.66. The molecule has 0 aliphatic rings. The van der Waals surface area contributed by atoms with Crippen LogP contribution in [0.4, 0.5) is 23.2 Å². The Morgan fingerprint density at radius 2 is 1.79 bits per heavy atom. The van der Waals surface area contributed by atoms with Crippen molar-refractivity contribution < 1.29 is 17.6 Å². The Bertz CT molecular complexity index is 346. The molecule has 1 aromatic carbocycles. The number of anilines is 1. The van der Waals surface area contributed by atoms with Crippen molar-refractivity contribution in [1.29, 1.82) is 0 Å². The molecule has 0 amide bonds. The summed E-state index contributed by atoms with van der Waals surface area (Å²) in [7, 11) is 0. The summed E-state index contributed by atoms with van der Waals surface area (Å²) < 4.78 is 49.7. The Balaban J connectivity index is 3.32. The van der Waals surface area contributed by atoms with E-state index < -0.39 is 23.2 Å². The lowest BCUT2D eigenvalue weighted by Crippen LogP contribution is -2.12. The Hall–Kier alpha value is -1.30. The minimum atomic E-state index is -4.58. The van der Waals surface area contributed by atoms with Gasteiger partial charge in [-0.15, -0.1) is 0 Å². The van der Waals surface area contributed by atoms with Gasteiger partial charge in [0, 0.05) is 17.8 Å². The molecule has 0 spiro atoms. The van der Waals surface area contributed by atoms with E-state index >= 15 is 0 Å². The summed E-state index contributed by atoms with van der Waals surface area (Å²) in [6.45, 7) is -0.296. The van der Waals surface area contributed by atoms with Crippen LogP contribution in [-0.2, 0) is 12.7 Å². The van der Waals surface area contributed by atoms with Gasteiger partial charge >= 0.3 is 6.18 Å². The van der Waals surface area contributed by atoms with E-state index in [1.807, 2.05) is 0 Å². The smallest absolute Gasteiger partial charge is 0.398 e. The molecule has 78 valence electrons. The van der Waals surface area contributed by atoms with Gasteiger partial charge in [0.15, 0.2) is 0 Å². The monoisotopic (exact) mass is 208 g/mol. The molecule has 2 nitrogen and oxygen atoms in total. The largest absolute Gasteiger partial charge is 0.418 e. The van der Waals surface area contributed by atoms with E-state index in [0.29, 0.717) is 12.1 Å². The number of benzene rings is 1. The SMILES string of the molecule is NCc1cc(C(F)(F)F)c(N)cc1F. The van der Waals surface area contributed by atoms with Gasteiger partial charge in [0.25, 0.3) is 0 Å². The van der Waals surface area contributed by atoms with Crippen LogP contribution in [0.2, 0.25) is 0 Å². The Labute approximate surface area is 77.5 Å². The predicted molar refractivity (Wildman–Crippen MR) is 43.7 cm³/mol. The molecular formula is C8H8F4N2. The van der Waals surface area contributed by atoms with Gasteiger partial charge in [-0.1, -0.05) is 0 Å². The van der Waals surface area contributed by atoms with Gasteiger partial charge in [-0.3, -0.25) is 0 Å². The molecule has 0 fully saturated rings. The molecule has 1 aromatic rings. The quantitative estimate of drug-likeness (QED) is 0.547. The molecule has 0 saturated carbocycles. The van der Waals surface area contributed by atoms with Gasteiger partial charge in [0.1, 0.15) is 5.82 Å². The van der Waals surface area contributed by atoms with Gasteiger partial charge in [-0.05, 0) is 12.1 Å². The predicted octanol–water partition coefficient (Wildman–Crippen LogP) is 1.89. The van der Waals surface area contributed by atoms with Gasteiger partial charge in [-0.2, -0.15) is 13.2 Å². The highest BCUT2D eigenvalue weighted by Crippen LogP contribution is 2.34. The third-order valence-electron chi connectivity index (χ3n) is 1.74. The van der Waals surface area contributed by atoms with E-state index in [0.717, 1.165) is 0 Å². The topological polar surface area (TPSA) is 52.0 Å². The number of hydrogen-bond donors (Lipinski definition) is 2. The van der Waals surface area contributed by atoms with E-state index in [2.05, 4.69) is 0 Å². The second-order valence-electron chi connectivity index (χ2n) is 2.73. The summed E-state index contributed by atoms with van der Waals surface area (Å²) in [5, 5.41) is 0. The molecule has 0 unspecified atom stereocenters. The van der Waals surface area contributed by atoms with E-state index in [9.17, 15) is 17.6 Å². The van der Waals surface area contributed by atoms with Crippen molar-refractivity contribution >= 4 is 5.69 Å². The maximum absolute atomic E-state index is 12.9. The molecule has 0 heterocycles. The van der Waals surface area contributed by atoms with E-state index in [-0.39, 0.29) is 12.1 Å². The standard InChI is InChI=1S/C8H8F4N2/c9-6-2-7(14)5(8(10,11)12)1-4(6)3-13/h1-2H,3,13-14H2. The molecule has 0 atom stereocenters. The first-order chi connectivity index (χ1) is 6.36. The molecule has 14 heavy (non-hydrogen) atoms. The summed E-state index contributed by atoms with van der Waals surface area (Å²) in [6.07, 6.45) is -4.58. The first kappa shape index (κ1) is 10.8. The van der Waals surface area contributed by atoms with Gasteiger partial charge in [0.05, 0.1) is 5.56 Å². The molecule has 0 radical (unpaired) electrons. The zero-order valence-corrected chi connectivity index (χ0v) is 7.03. The molecule has 0 aliphatic heterocycles. The van der Waals surface area contributed by atoms with Crippen molar-refractivity contribution in [3.05, 3.63) is 29.1 Å². The zero-order valence-electron chi connectivity index (χ0n) is 7.03. The lowest BCUT2D eigenvalue weighted by Gasteiger charge is -2.11. The molecule has 6 heteroatoms. The van der Waals surface area contributed by atoms with Gasteiger partial charge in [-0.25, -0.2) is 4.39 Å². The van der Waals surface area contributed by atoms with Crippen LogP contribution in [0.25, 0.3) is 0 Å². The lowest BCUT2D eigenvalue weighted by molar-refractivity contribution is -0.137. The normalized spacial score (nSPS) is 11.8. The number of halogens is 4.